The molecule has 1 fully saturated rings. The van der Waals surface area contributed by atoms with Crippen LogP contribution in [-0.2, 0) is 6.18 Å². The van der Waals surface area contributed by atoms with Crippen molar-refractivity contribution in [2.45, 2.75) is 31.8 Å². The van der Waals surface area contributed by atoms with E-state index < -0.39 is 28.4 Å². The van der Waals surface area contributed by atoms with E-state index in [1.165, 1.54) is 41.3 Å². The Labute approximate surface area is 169 Å². The van der Waals surface area contributed by atoms with Crippen LogP contribution in [0, 0.1) is 16.0 Å². The molecule has 2 aliphatic heterocycles. The van der Waals surface area contributed by atoms with Crippen molar-refractivity contribution < 1.29 is 22.8 Å². The minimum absolute atomic E-state index is 0.0597. The number of benzene rings is 2. The van der Waals surface area contributed by atoms with Gasteiger partial charge in [0.15, 0.2) is 10.8 Å². The number of nitro groups is 1. The second kappa shape index (κ2) is 6.31. The SMILES string of the molecule is C[C@H]1[C@@H]2NC(=S)N(c3ccccc3C(F)(F)F)[C@@]1(C)Oc1ccc([N+](=O)[O-])cc12. The smallest absolute Gasteiger partial charge is 0.418 e. The van der Waals surface area contributed by atoms with Crippen LogP contribution in [0.15, 0.2) is 42.5 Å². The molecule has 4 rings (SSSR count). The molecule has 29 heavy (non-hydrogen) atoms. The third-order valence-electron chi connectivity index (χ3n) is 5.58. The number of nitro benzene ring substituents is 1. The van der Waals surface area contributed by atoms with Gasteiger partial charge in [-0.05, 0) is 37.3 Å². The van der Waals surface area contributed by atoms with Gasteiger partial charge < -0.3 is 10.1 Å². The summed E-state index contributed by atoms with van der Waals surface area (Å²) in [5.41, 5.74) is -1.71. The van der Waals surface area contributed by atoms with Crippen molar-refractivity contribution in [1.29, 1.82) is 0 Å². The van der Waals surface area contributed by atoms with Gasteiger partial charge in [0.1, 0.15) is 5.75 Å². The molecule has 2 bridgehead atoms. The van der Waals surface area contributed by atoms with Crippen molar-refractivity contribution in [3.63, 3.8) is 0 Å². The number of nitrogens with one attached hydrogen (secondary N) is 1. The maximum Gasteiger partial charge on any atom is 0.418 e. The topological polar surface area (TPSA) is 67.6 Å². The summed E-state index contributed by atoms with van der Waals surface area (Å²) in [4.78, 5) is 12.0. The Balaban J connectivity index is 1.87. The van der Waals surface area contributed by atoms with Crippen molar-refractivity contribution in [3.05, 3.63) is 63.7 Å². The van der Waals surface area contributed by atoms with Crippen LogP contribution in [0.2, 0.25) is 0 Å². The van der Waals surface area contributed by atoms with Gasteiger partial charge in [0, 0.05) is 23.6 Å². The van der Waals surface area contributed by atoms with Crippen molar-refractivity contribution >= 4 is 28.7 Å². The van der Waals surface area contributed by atoms with Gasteiger partial charge in [0.2, 0.25) is 0 Å². The van der Waals surface area contributed by atoms with E-state index in [1.54, 1.807) is 6.92 Å². The number of rotatable bonds is 2. The van der Waals surface area contributed by atoms with E-state index in [0.29, 0.717) is 11.3 Å². The highest BCUT2D eigenvalue weighted by atomic mass is 32.1. The average molecular weight is 423 g/mol. The largest absolute Gasteiger partial charge is 0.467 e. The second-order valence-corrected chi connectivity index (χ2v) is 7.59. The molecule has 2 aliphatic rings. The fraction of sp³-hybridized carbons (Fsp3) is 0.316. The monoisotopic (exact) mass is 423 g/mol. The Morgan fingerprint density at radius 3 is 2.62 bits per heavy atom. The Morgan fingerprint density at radius 1 is 1.28 bits per heavy atom. The summed E-state index contributed by atoms with van der Waals surface area (Å²) in [6.45, 7) is 3.49. The summed E-state index contributed by atoms with van der Waals surface area (Å²) in [5, 5.41) is 14.3. The number of para-hydroxylation sites is 1. The van der Waals surface area contributed by atoms with Crippen molar-refractivity contribution in [2.75, 3.05) is 4.90 Å². The summed E-state index contributed by atoms with van der Waals surface area (Å²) >= 11 is 5.42. The van der Waals surface area contributed by atoms with Gasteiger partial charge in [0.25, 0.3) is 5.69 Å². The lowest BCUT2D eigenvalue weighted by atomic mass is 9.80. The van der Waals surface area contributed by atoms with Crippen LogP contribution in [0.1, 0.15) is 31.0 Å². The fourth-order valence-electron chi connectivity index (χ4n) is 3.99. The van der Waals surface area contributed by atoms with E-state index in [4.69, 9.17) is 17.0 Å². The summed E-state index contributed by atoms with van der Waals surface area (Å²) < 4.78 is 47.1. The average Bonchev–Trinajstić information content (AvgIpc) is 2.63. The minimum atomic E-state index is -4.57. The normalized spacial score (nSPS) is 25.7. The van der Waals surface area contributed by atoms with Gasteiger partial charge in [-0.2, -0.15) is 13.2 Å². The first-order chi connectivity index (χ1) is 13.5. The highest BCUT2D eigenvalue weighted by Gasteiger charge is 2.55. The van der Waals surface area contributed by atoms with Crippen LogP contribution < -0.4 is 15.0 Å². The molecule has 6 nitrogen and oxygen atoms in total. The summed E-state index contributed by atoms with van der Waals surface area (Å²) in [6.07, 6.45) is -4.57. The van der Waals surface area contributed by atoms with Crippen LogP contribution in [0.5, 0.6) is 5.75 Å². The quantitative estimate of drug-likeness (QED) is 0.425. The number of non-ortho nitro benzene ring substituents is 1. The first-order valence-corrected chi connectivity index (χ1v) is 9.19. The maximum atomic E-state index is 13.6. The number of fused-ring (bicyclic) bond motifs is 4. The number of nitrogens with zero attached hydrogens (tertiary/aromatic N) is 2. The zero-order chi connectivity index (χ0) is 21.1. The molecule has 2 heterocycles. The summed E-state index contributed by atoms with van der Waals surface area (Å²) in [6, 6.07) is 8.91. The van der Waals surface area contributed by atoms with Crippen LogP contribution in [-0.4, -0.2) is 15.8 Å². The third kappa shape index (κ3) is 2.89. The second-order valence-electron chi connectivity index (χ2n) is 7.20. The van der Waals surface area contributed by atoms with Crippen LogP contribution in [0.4, 0.5) is 24.5 Å². The Morgan fingerprint density at radius 2 is 1.97 bits per heavy atom. The maximum absolute atomic E-state index is 13.6. The number of halogens is 3. The highest BCUT2D eigenvalue weighted by Crippen LogP contribution is 2.51. The van der Waals surface area contributed by atoms with Crippen LogP contribution in [0.3, 0.4) is 0 Å². The Bertz CT molecular complexity index is 1030. The first-order valence-electron chi connectivity index (χ1n) is 8.78. The van der Waals surface area contributed by atoms with Gasteiger partial charge >= 0.3 is 6.18 Å². The predicted molar refractivity (Wildman–Crippen MR) is 104 cm³/mol. The molecule has 0 unspecified atom stereocenters. The highest BCUT2D eigenvalue weighted by molar-refractivity contribution is 7.80. The van der Waals surface area contributed by atoms with E-state index in [-0.39, 0.29) is 22.4 Å². The Kier molecular flexibility index (Phi) is 4.23. The number of alkyl halides is 3. The zero-order valence-electron chi connectivity index (χ0n) is 15.4. The van der Waals surface area contributed by atoms with Crippen molar-refractivity contribution in [2.24, 2.45) is 5.92 Å². The van der Waals surface area contributed by atoms with Crippen LogP contribution in [0.25, 0.3) is 0 Å². The molecule has 0 aliphatic carbocycles. The van der Waals surface area contributed by atoms with E-state index in [1.807, 2.05) is 6.92 Å². The molecule has 2 aromatic rings. The van der Waals surface area contributed by atoms with Crippen LogP contribution >= 0.6 is 12.2 Å². The lowest BCUT2D eigenvalue weighted by Crippen LogP contribution is -2.69. The van der Waals surface area contributed by atoms with Crippen molar-refractivity contribution in [1.82, 2.24) is 5.32 Å². The summed E-state index contributed by atoms with van der Waals surface area (Å²) in [5.74, 6) is -0.00400. The van der Waals surface area contributed by atoms with Crippen molar-refractivity contribution in [3.8, 4) is 5.75 Å². The number of anilines is 1. The molecule has 152 valence electrons. The van der Waals surface area contributed by atoms with E-state index in [2.05, 4.69) is 5.32 Å². The first kappa shape index (κ1) is 19.4. The standard InChI is InChI=1S/C19H16F3N3O3S/c1-10-16-12-9-11(25(26)27)7-8-15(12)28-18(10,2)24(17(29)23-16)14-6-4-3-5-13(14)19(20,21)22/h3-10,16H,1-2H3,(H,23,29)/t10-,16-,18-/m0/s1. The number of hydrogen-bond acceptors (Lipinski definition) is 4. The molecule has 2 aromatic carbocycles. The fourth-order valence-corrected chi connectivity index (χ4v) is 4.39. The van der Waals surface area contributed by atoms with E-state index in [0.717, 1.165) is 6.07 Å². The molecule has 0 spiro atoms. The minimum Gasteiger partial charge on any atom is -0.467 e. The molecule has 1 N–H and O–H groups in total. The van der Waals surface area contributed by atoms with E-state index in [9.17, 15) is 23.3 Å². The molecular formula is C19H16F3N3O3S. The molecule has 3 atom stereocenters. The Hall–Kier alpha value is -2.88. The molecular weight excluding hydrogens is 407 g/mol. The molecule has 1 saturated heterocycles. The molecule has 10 heteroatoms. The summed E-state index contributed by atoms with van der Waals surface area (Å²) in [7, 11) is 0. The molecule has 0 saturated carbocycles. The van der Waals surface area contributed by atoms with Gasteiger partial charge in [-0.15, -0.1) is 0 Å². The lowest BCUT2D eigenvalue weighted by Gasteiger charge is -2.56. The zero-order valence-corrected chi connectivity index (χ0v) is 16.2. The van der Waals surface area contributed by atoms with E-state index >= 15 is 0 Å². The third-order valence-corrected chi connectivity index (χ3v) is 5.88. The molecule has 0 aromatic heterocycles. The van der Waals surface area contributed by atoms with Gasteiger partial charge in [-0.25, -0.2) is 0 Å². The van der Waals surface area contributed by atoms with Gasteiger partial charge in [0.05, 0.1) is 22.2 Å². The lowest BCUT2D eigenvalue weighted by molar-refractivity contribution is -0.385. The number of thiocarbonyl (C=S) groups is 1. The number of hydrogen-bond donors (Lipinski definition) is 1. The molecule has 0 radical (unpaired) electrons. The predicted octanol–water partition coefficient (Wildman–Crippen LogP) is 4.79. The van der Waals surface area contributed by atoms with Gasteiger partial charge in [-0.1, -0.05) is 19.1 Å². The number of ether oxygens (including phenoxy) is 1. The van der Waals surface area contributed by atoms with Gasteiger partial charge in [-0.3, -0.25) is 15.0 Å². The molecule has 0 amide bonds.